The SMILES string of the molecule is c1ccc(-c2ccc(N(c3ccccc3)c3c4c(cc5sc6ccccc6c35)C3(c5ccccc5-c5ccccc53)c3cc(-c5ccccc5)ccc3-4)cc2)cc1. The van der Waals surface area contributed by atoms with Gasteiger partial charge in [0.05, 0.1) is 11.1 Å². The van der Waals surface area contributed by atoms with Gasteiger partial charge in [-0.05, 0) is 104 Å². The maximum atomic E-state index is 2.56. The molecule has 0 atom stereocenters. The summed E-state index contributed by atoms with van der Waals surface area (Å²) in [6, 6.07) is 78.7. The Kier molecular flexibility index (Phi) is 7.08. The summed E-state index contributed by atoms with van der Waals surface area (Å²) in [5.41, 5.74) is 18.4. The van der Waals surface area contributed by atoms with E-state index >= 15 is 0 Å². The second-order valence-electron chi connectivity index (χ2n) is 15.2. The van der Waals surface area contributed by atoms with Crippen LogP contribution in [0.2, 0.25) is 0 Å². The Labute approximate surface area is 336 Å². The van der Waals surface area contributed by atoms with Gasteiger partial charge in [0.1, 0.15) is 0 Å². The van der Waals surface area contributed by atoms with Crippen LogP contribution in [-0.2, 0) is 5.41 Å². The summed E-state index contributed by atoms with van der Waals surface area (Å²) in [6.07, 6.45) is 0. The van der Waals surface area contributed by atoms with Crippen LogP contribution in [0.25, 0.3) is 64.7 Å². The number of benzene rings is 9. The summed E-state index contributed by atoms with van der Waals surface area (Å²) < 4.78 is 2.59. The van der Waals surface area contributed by atoms with Gasteiger partial charge >= 0.3 is 0 Å². The maximum absolute atomic E-state index is 2.56. The van der Waals surface area contributed by atoms with Gasteiger partial charge in [-0.25, -0.2) is 0 Å². The number of anilines is 3. The van der Waals surface area contributed by atoms with Crippen LogP contribution in [0.4, 0.5) is 17.1 Å². The van der Waals surface area contributed by atoms with Gasteiger partial charge in [-0.2, -0.15) is 0 Å². The van der Waals surface area contributed by atoms with E-state index in [-0.39, 0.29) is 0 Å². The van der Waals surface area contributed by atoms with E-state index < -0.39 is 5.41 Å². The molecule has 0 fully saturated rings. The molecule has 1 nitrogen and oxygen atoms in total. The number of thiophene rings is 1. The number of hydrogen-bond acceptors (Lipinski definition) is 2. The summed E-state index contributed by atoms with van der Waals surface area (Å²) in [5.74, 6) is 0. The van der Waals surface area contributed by atoms with Crippen molar-refractivity contribution in [1.29, 1.82) is 0 Å². The Hall–Kier alpha value is -7.00. The predicted octanol–water partition coefficient (Wildman–Crippen LogP) is 15.2. The molecular weight excluding hydrogens is 707 g/mol. The Balaban J connectivity index is 1.25. The molecule has 12 rings (SSSR count). The van der Waals surface area contributed by atoms with E-state index in [1.807, 2.05) is 11.3 Å². The molecule has 0 N–H and O–H groups in total. The van der Waals surface area contributed by atoms with Crippen molar-refractivity contribution in [2.24, 2.45) is 0 Å². The standard InChI is InChI=1S/C55H35NS/c1-4-16-36(17-5-1)38-28-31-41(32-29-38)56(40-20-8-3-9-21-40)54-52-44-33-30-39(37-18-6-2-7-19-37)34-48(44)55(46-25-13-10-22-42(46)43-23-11-14-26-47(43)55)49(52)35-51-53(54)45-24-12-15-27-50(45)57-51/h1-35H. The molecule has 0 saturated carbocycles. The largest absolute Gasteiger partial charge is 0.309 e. The summed E-state index contributed by atoms with van der Waals surface area (Å²) in [7, 11) is 0. The smallest absolute Gasteiger partial charge is 0.0727 e. The molecule has 2 aliphatic rings. The highest BCUT2D eigenvalue weighted by Crippen LogP contribution is 2.67. The highest BCUT2D eigenvalue weighted by molar-refractivity contribution is 7.26. The fourth-order valence-corrected chi connectivity index (χ4v) is 11.1. The van der Waals surface area contributed by atoms with Crippen molar-refractivity contribution in [2.45, 2.75) is 5.41 Å². The van der Waals surface area contributed by atoms with Crippen LogP contribution in [0.3, 0.4) is 0 Å². The van der Waals surface area contributed by atoms with Crippen molar-refractivity contribution in [3.05, 3.63) is 235 Å². The first-order chi connectivity index (χ1) is 28.3. The third-order valence-corrected chi connectivity index (χ3v) is 13.4. The van der Waals surface area contributed by atoms with E-state index in [0.29, 0.717) is 0 Å². The van der Waals surface area contributed by atoms with Gasteiger partial charge in [0.2, 0.25) is 0 Å². The minimum Gasteiger partial charge on any atom is -0.309 e. The molecule has 0 radical (unpaired) electrons. The molecule has 2 heteroatoms. The summed E-state index contributed by atoms with van der Waals surface area (Å²) in [5, 5.41) is 2.58. The average Bonchev–Trinajstić information content (AvgIpc) is 3.91. The fourth-order valence-electron chi connectivity index (χ4n) is 9.92. The van der Waals surface area contributed by atoms with Crippen molar-refractivity contribution >= 4 is 48.6 Å². The molecular formula is C55H35NS. The first-order valence-corrected chi connectivity index (χ1v) is 20.5. The van der Waals surface area contributed by atoms with Crippen LogP contribution < -0.4 is 4.90 Å². The molecule has 1 spiro atoms. The third kappa shape index (κ3) is 4.62. The lowest BCUT2D eigenvalue weighted by atomic mass is 9.70. The topological polar surface area (TPSA) is 3.24 Å². The Bertz CT molecular complexity index is 3120. The highest BCUT2D eigenvalue weighted by Gasteiger charge is 2.53. The summed E-state index contributed by atoms with van der Waals surface area (Å²) >= 11 is 1.91. The van der Waals surface area contributed by atoms with Crippen molar-refractivity contribution in [3.63, 3.8) is 0 Å². The van der Waals surface area contributed by atoms with E-state index in [1.54, 1.807) is 0 Å². The normalized spacial score (nSPS) is 13.1. The van der Waals surface area contributed by atoms with E-state index in [0.717, 1.165) is 11.4 Å². The number of fused-ring (bicyclic) bond motifs is 13. The molecule has 0 bridgehead atoms. The quantitative estimate of drug-likeness (QED) is 0.170. The van der Waals surface area contributed by atoms with Crippen LogP contribution in [0.5, 0.6) is 0 Å². The first kappa shape index (κ1) is 32.3. The molecule has 9 aromatic carbocycles. The predicted molar refractivity (Wildman–Crippen MR) is 241 cm³/mol. The van der Waals surface area contributed by atoms with Crippen LogP contribution in [-0.4, -0.2) is 0 Å². The van der Waals surface area contributed by atoms with Crippen LogP contribution in [0.15, 0.2) is 212 Å². The number of nitrogens with zero attached hydrogens (tertiary/aromatic N) is 1. The van der Waals surface area contributed by atoms with Crippen LogP contribution in [0, 0.1) is 0 Å². The molecule has 0 amide bonds. The van der Waals surface area contributed by atoms with E-state index in [9.17, 15) is 0 Å². The summed E-state index contributed by atoms with van der Waals surface area (Å²) in [4.78, 5) is 2.54. The zero-order chi connectivity index (χ0) is 37.5. The third-order valence-electron chi connectivity index (χ3n) is 12.3. The van der Waals surface area contributed by atoms with E-state index in [4.69, 9.17) is 0 Å². The lowest BCUT2D eigenvalue weighted by Gasteiger charge is -2.32. The molecule has 2 aliphatic carbocycles. The van der Waals surface area contributed by atoms with Gasteiger partial charge in [0, 0.05) is 37.1 Å². The zero-order valence-corrected chi connectivity index (χ0v) is 31.9. The molecule has 0 unspecified atom stereocenters. The highest BCUT2D eigenvalue weighted by atomic mass is 32.1. The Morgan fingerprint density at radius 3 is 1.56 bits per heavy atom. The van der Waals surface area contributed by atoms with Crippen molar-refractivity contribution < 1.29 is 0 Å². The van der Waals surface area contributed by atoms with E-state index in [1.165, 1.54) is 92.6 Å². The van der Waals surface area contributed by atoms with E-state index in [2.05, 4.69) is 217 Å². The summed E-state index contributed by atoms with van der Waals surface area (Å²) in [6.45, 7) is 0. The Morgan fingerprint density at radius 2 is 0.877 bits per heavy atom. The monoisotopic (exact) mass is 741 g/mol. The molecule has 57 heavy (non-hydrogen) atoms. The number of hydrogen-bond donors (Lipinski definition) is 0. The minimum atomic E-state index is -0.513. The van der Waals surface area contributed by atoms with Gasteiger partial charge in [-0.15, -0.1) is 11.3 Å². The van der Waals surface area contributed by atoms with Gasteiger partial charge in [-0.3, -0.25) is 0 Å². The van der Waals surface area contributed by atoms with Gasteiger partial charge in [0.15, 0.2) is 0 Å². The lowest BCUT2D eigenvalue weighted by molar-refractivity contribution is 0.795. The van der Waals surface area contributed by atoms with Crippen molar-refractivity contribution in [3.8, 4) is 44.5 Å². The molecule has 266 valence electrons. The number of para-hydroxylation sites is 1. The molecule has 10 aromatic rings. The maximum Gasteiger partial charge on any atom is 0.0727 e. The molecule has 1 aromatic heterocycles. The molecule has 0 aliphatic heterocycles. The minimum absolute atomic E-state index is 0.513. The second-order valence-corrected chi connectivity index (χ2v) is 16.3. The van der Waals surface area contributed by atoms with Crippen molar-refractivity contribution in [1.82, 2.24) is 0 Å². The molecule has 1 heterocycles. The Morgan fingerprint density at radius 1 is 0.351 bits per heavy atom. The zero-order valence-electron chi connectivity index (χ0n) is 31.1. The first-order valence-electron chi connectivity index (χ1n) is 19.7. The lowest BCUT2D eigenvalue weighted by Crippen LogP contribution is -2.26. The fraction of sp³-hybridized carbons (Fsp3) is 0.0182. The van der Waals surface area contributed by atoms with Crippen LogP contribution >= 0.6 is 11.3 Å². The van der Waals surface area contributed by atoms with Crippen LogP contribution in [0.1, 0.15) is 22.3 Å². The average molecular weight is 742 g/mol. The van der Waals surface area contributed by atoms with Gasteiger partial charge < -0.3 is 4.90 Å². The number of rotatable bonds is 5. The van der Waals surface area contributed by atoms with Crippen molar-refractivity contribution in [2.75, 3.05) is 4.90 Å². The van der Waals surface area contributed by atoms with Gasteiger partial charge in [0.25, 0.3) is 0 Å². The second kappa shape index (κ2) is 12.5. The van der Waals surface area contributed by atoms with Gasteiger partial charge in [-0.1, -0.05) is 170 Å². The molecule has 0 saturated heterocycles.